The van der Waals surface area contributed by atoms with E-state index in [9.17, 15) is 43.2 Å². The largest absolute Gasteiger partial charge is 0.472 e. The van der Waals surface area contributed by atoms with Crippen molar-refractivity contribution in [3.8, 4) is 0 Å². The molecule has 19 heteroatoms. The number of carbonyl (C=O) groups excluding carboxylic acids is 4. The molecule has 594 valence electrons. The number of aliphatic hydroxyl groups excluding tert-OH is 1. The predicted molar refractivity (Wildman–Crippen MR) is 409 cm³/mol. The van der Waals surface area contributed by atoms with Crippen molar-refractivity contribution in [2.75, 3.05) is 39.6 Å². The van der Waals surface area contributed by atoms with Crippen molar-refractivity contribution in [2.24, 2.45) is 5.92 Å². The van der Waals surface area contributed by atoms with Crippen LogP contribution in [0.2, 0.25) is 0 Å². The number of ether oxygens (including phenoxy) is 4. The van der Waals surface area contributed by atoms with Gasteiger partial charge in [0, 0.05) is 25.7 Å². The highest BCUT2D eigenvalue weighted by Crippen LogP contribution is 2.45. The number of phosphoric ester groups is 2. The van der Waals surface area contributed by atoms with E-state index in [-0.39, 0.29) is 25.7 Å². The molecule has 5 atom stereocenters. The molecule has 0 fully saturated rings. The minimum Gasteiger partial charge on any atom is -0.462 e. The standard InChI is InChI=1S/C81H158O17P2/c1-6-9-12-15-18-21-24-27-29-30-31-32-33-34-35-38-41-46-52-57-62-67-81(86)97-76(70-91-78(83)64-59-54-49-44-39-37-28-25-22-19-16-13-10-7-2)72-95-99(87,88)93-68-75(82)69-94-100(89,90)96-73-77(71-92-79(84)65-60-55-50-47-42-43-48-53-58-63-74(4)5)98-80(85)66-61-56-51-45-40-36-26-23-20-17-14-11-8-3/h74-77,82H,6-73H2,1-5H3,(H,87,88)(H,89,90)/t75-,76-,77-/m1/s1. The lowest BCUT2D eigenvalue weighted by molar-refractivity contribution is -0.161. The molecule has 0 rings (SSSR count). The second kappa shape index (κ2) is 73.9. The molecular weight excluding hydrogens is 1310 g/mol. The lowest BCUT2D eigenvalue weighted by Gasteiger charge is -2.21. The van der Waals surface area contributed by atoms with Gasteiger partial charge in [0.15, 0.2) is 12.2 Å². The SMILES string of the molecule is CCCCCCCCCCCCCCCCCCCCCCCC(=O)O[C@H](COC(=O)CCCCCCCCCCCCCCCC)COP(=O)(O)OC[C@@H](O)COP(=O)(O)OC[C@@H](COC(=O)CCCCCCCCCCCC(C)C)OC(=O)CCCCCCCCCCCCCCC. The summed E-state index contributed by atoms with van der Waals surface area (Å²) in [4.78, 5) is 73.0. The molecule has 0 aromatic rings. The molecule has 3 N–H and O–H groups in total. The van der Waals surface area contributed by atoms with Crippen LogP contribution < -0.4 is 0 Å². The Hall–Kier alpha value is -1.94. The van der Waals surface area contributed by atoms with E-state index in [0.717, 1.165) is 95.8 Å². The van der Waals surface area contributed by atoms with E-state index >= 15 is 0 Å². The summed E-state index contributed by atoms with van der Waals surface area (Å²) in [7, 11) is -9.92. The molecule has 0 radical (unpaired) electrons. The van der Waals surface area contributed by atoms with E-state index < -0.39 is 97.5 Å². The van der Waals surface area contributed by atoms with Crippen molar-refractivity contribution in [3.63, 3.8) is 0 Å². The maximum Gasteiger partial charge on any atom is 0.472 e. The second-order valence-electron chi connectivity index (χ2n) is 29.6. The average molecular weight is 1470 g/mol. The van der Waals surface area contributed by atoms with E-state index in [0.29, 0.717) is 25.7 Å². The Morgan fingerprint density at radius 3 is 0.680 bits per heavy atom. The lowest BCUT2D eigenvalue weighted by Crippen LogP contribution is -2.30. The first kappa shape index (κ1) is 98.1. The van der Waals surface area contributed by atoms with Crippen molar-refractivity contribution in [1.29, 1.82) is 0 Å². The maximum atomic E-state index is 13.1. The van der Waals surface area contributed by atoms with Gasteiger partial charge in [-0.05, 0) is 31.6 Å². The van der Waals surface area contributed by atoms with E-state index in [1.54, 1.807) is 0 Å². The molecule has 0 amide bonds. The van der Waals surface area contributed by atoms with E-state index in [2.05, 4.69) is 34.6 Å². The molecule has 0 aliphatic carbocycles. The molecule has 2 unspecified atom stereocenters. The highest BCUT2D eigenvalue weighted by Gasteiger charge is 2.30. The zero-order chi connectivity index (χ0) is 73.4. The van der Waals surface area contributed by atoms with Gasteiger partial charge < -0.3 is 33.8 Å². The van der Waals surface area contributed by atoms with E-state index in [4.69, 9.17) is 37.0 Å². The fraction of sp³-hybridized carbons (Fsp3) is 0.951. The number of unbranched alkanes of at least 4 members (excludes halogenated alkanes) is 53. The number of aliphatic hydroxyl groups is 1. The van der Waals surface area contributed by atoms with Crippen LogP contribution in [0.15, 0.2) is 0 Å². The van der Waals surface area contributed by atoms with Crippen LogP contribution in [0.5, 0.6) is 0 Å². The van der Waals surface area contributed by atoms with Gasteiger partial charge in [0.1, 0.15) is 19.3 Å². The van der Waals surface area contributed by atoms with Gasteiger partial charge in [0.2, 0.25) is 0 Å². The molecule has 0 spiro atoms. The summed E-state index contributed by atoms with van der Waals surface area (Å²) >= 11 is 0. The number of phosphoric acid groups is 2. The minimum absolute atomic E-state index is 0.108. The molecule has 0 aliphatic heterocycles. The topological polar surface area (TPSA) is 237 Å². The summed E-state index contributed by atoms with van der Waals surface area (Å²) in [5.74, 6) is -1.36. The van der Waals surface area contributed by atoms with Crippen molar-refractivity contribution in [2.45, 2.75) is 451 Å². The fourth-order valence-electron chi connectivity index (χ4n) is 12.6. The van der Waals surface area contributed by atoms with Gasteiger partial charge in [0.05, 0.1) is 26.4 Å². The van der Waals surface area contributed by atoms with Crippen molar-refractivity contribution >= 4 is 39.5 Å². The summed E-state index contributed by atoms with van der Waals surface area (Å²) < 4.78 is 68.7. The van der Waals surface area contributed by atoms with Crippen LogP contribution in [-0.4, -0.2) is 96.7 Å². The van der Waals surface area contributed by atoms with E-state index in [1.807, 2.05) is 0 Å². The van der Waals surface area contributed by atoms with Crippen LogP contribution >= 0.6 is 15.6 Å². The Morgan fingerprint density at radius 2 is 0.460 bits per heavy atom. The van der Waals surface area contributed by atoms with Crippen molar-refractivity contribution < 1.29 is 80.2 Å². The van der Waals surface area contributed by atoms with Gasteiger partial charge in [-0.15, -0.1) is 0 Å². The zero-order valence-electron chi connectivity index (χ0n) is 65.3. The Labute approximate surface area is 613 Å². The first-order chi connectivity index (χ1) is 48.5. The Balaban J connectivity index is 5.22. The Bertz CT molecular complexity index is 1910. The van der Waals surface area contributed by atoms with Crippen molar-refractivity contribution in [1.82, 2.24) is 0 Å². The molecule has 0 saturated heterocycles. The summed E-state index contributed by atoms with van der Waals surface area (Å²) in [5.41, 5.74) is 0. The normalized spacial score (nSPS) is 13.8. The van der Waals surface area contributed by atoms with Gasteiger partial charge in [-0.25, -0.2) is 9.13 Å². The first-order valence-corrected chi connectivity index (χ1v) is 45.1. The fourth-order valence-corrected chi connectivity index (χ4v) is 14.2. The molecule has 0 saturated carbocycles. The third-order valence-electron chi connectivity index (χ3n) is 19.0. The average Bonchev–Trinajstić information content (AvgIpc) is 0.958. The van der Waals surface area contributed by atoms with Crippen LogP contribution in [-0.2, 0) is 65.4 Å². The van der Waals surface area contributed by atoms with Crippen molar-refractivity contribution in [3.05, 3.63) is 0 Å². The molecule has 0 bridgehead atoms. The molecule has 0 aromatic carbocycles. The number of esters is 4. The lowest BCUT2D eigenvalue weighted by atomic mass is 10.0. The number of hydrogen-bond donors (Lipinski definition) is 3. The van der Waals surface area contributed by atoms with Crippen LogP contribution in [0, 0.1) is 5.92 Å². The van der Waals surface area contributed by atoms with E-state index in [1.165, 1.54) is 257 Å². The molecule has 0 aliphatic rings. The Morgan fingerprint density at radius 1 is 0.270 bits per heavy atom. The van der Waals surface area contributed by atoms with Gasteiger partial charge >= 0.3 is 39.5 Å². The highest BCUT2D eigenvalue weighted by atomic mass is 31.2. The summed E-state index contributed by atoms with van der Waals surface area (Å²) in [5, 5.41) is 10.6. The molecule has 0 heterocycles. The van der Waals surface area contributed by atoms with Crippen LogP contribution in [0.3, 0.4) is 0 Å². The second-order valence-corrected chi connectivity index (χ2v) is 32.5. The third kappa shape index (κ3) is 74.3. The van der Waals surface area contributed by atoms with Gasteiger partial charge in [-0.2, -0.15) is 0 Å². The van der Waals surface area contributed by atoms with Gasteiger partial charge in [-0.3, -0.25) is 37.3 Å². The monoisotopic (exact) mass is 1470 g/mol. The van der Waals surface area contributed by atoms with Gasteiger partial charge in [-0.1, -0.05) is 381 Å². The third-order valence-corrected chi connectivity index (χ3v) is 20.9. The molecule has 17 nitrogen and oxygen atoms in total. The predicted octanol–water partition coefficient (Wildman–Crippen LogP) is 24.4. The molecule has 0 aromatic heterocycles. The minimum atomic E-state index is -4.96. The number of hydrogen-bond acceptors (Lipinski definition) is 15. The van der Waals surface area contributed by atoms with Crippen LogP contribution in [0.4, 0.5) is 0 Å². The Kier molecular flexibility index (Phi) is 72.5. The summed E-state index contributed by atoms with van der Waals surface area (Å²) in [6, 6.07) is 0. The molecular formula is C81H158O17P2. The van der Waals surface area contributed by atoms with Crippen LogP contribution in [0.25, 0.3) is 0 Å². The highest BCUT2D eigenvalue weighted by molar-refractivity contribution is 7.47. The summed E-state index contributed by atoms with van der Waals surface area (Å²) in [6.07, 6.45) is 65.2. The quantitative estimate of drug-likeness (QED) is 0.0222. The van der Waals surface area contributed by atoms with Crippen LogP contribution in [0.1, 0.15) is 433 Å². The number of carbonyl (C=O) groups is 4. The summed E-state index contributed by atoms with van der Waals surface area (Å²) in [6.45, 7) is 7.31. The molecule has 100 heavy (non-hydrogen) atoms. The maximum absolute atomic E-state index is 13.1. The zero-order valence-corrected chi connectivity index (χ0v) is 67.1. The number of rotatable bonds is 81. The first-order valence-electron chi connectivity index (χ1n) is 42.1. The van der Waals surface area contributed by atoms with Gasteiger partial charge in [0.25, 0.3) is 0 Å². The smallest absolute Gasteiger partial charge is 0.462 e.